The Hall–Kier alpha value is -1.83. The molecule has 2 aliphatic rings. The number of nitrogens with zero attached hydrogens (tertiary/aromatic N) is 3. The van der Waals surface area contributed by atoms with Gasteiger partial charge in [-0.15, -0.1) is 0 Å². The molecule has 0 atom stereocenters. The van der Waals surface area contributed by atoms with Crippen LogP contribution in [-0.2, 0) is 14.3 Å². The molecule has 0 saturated carbocycles. The molecule has 2 fully saturated rings. The van der Waals surface area contributed by atoms with Crippen LogP contribution in [0.5, 0.6) is 0 Å². The van der Waals surface area contributed by atoms with Gasteiger partial charge in [-0.2, -0.15) is 0 Å². The lowest BCUT2D eigenvalue weighted by molar-refractivity contribution is -0.137. The normalized spacial score (nSPS) is 19.3. The number of hydrogen-bond acceptors (Lipinski definition) is 5. The standard InChI is InChI=1S/C16H28N4O4/c1-3-24-16(23)20-6-4-14(5-7-20)17-12-15(22)19-10-8-18(9-11-19)13(2)21/h14,17H,3-12H2,1-2H3. The van der Waals surface area contributed by atoms with Gasteiger partial charge in [0.2, 0.25) is 11.8 Å². The first-order valence-corrected chi connectivity index (χ1v) is 8.69. The summed E-state index contributed by atoms with van der Waals surface area (Å²) in [6.07, 6.45) is 1.39. The number of carbonyl (C=O) groups is 3. The minimum Gasteiger partial charge on any atom is -0.450 e. The lowest BCUT2D eigenvalue weighted by Gasteiger charge is -2.35. The van der Waals surface area contributed by atoms with Crippen LogP contribution in [0.3, 0.4) is 0 Å². The molecular formula is C16H28N4O4. The van der Waals surface area contributed by atoms with Gasteiger partial charge in [0.15, 0.2) is 0 Å². The minimum absolute atomic E-state index is 0.0635. The average Bonchev–Trinajstić information content (AvgIpc) is 2.60. The van der Waals surface area contributed by atoms with Gasteiger partial charge in [-0.1, -0.05) is 0 Å². The number of piperazine rings is 1. The predicted octanol–water partition coefficient (Wildman–Crippen LogP) is -0.112. The average molecular weight is 340 g/mol. The van der Waals surface area contributed by atoms with Gasteiger partial charge in [0, 0.05) is 52.2 Å². The third-order valence-corrected chi connectivity index (χ3v) is 4.64. The molecular weight excluding hydrogens is 312 g/mol. The monoisotopic (exact) mass is 340 g/mol. The third-order valence-electron chi connectivity index (χ3n) is 4.64. The molecule has 0 radical (unpaired) electrons. The van der Waals surface area contributed by atoms with Crippen molar-refractivity contribution in [2.45, 2.75) is 32.7 Å². The van der Waals surface area contributed by atoms with Crippen molar-refractivity contribution in [3.63, 3.8) is 0 Å². The van der Waals surface area contributed by atoms with Gasteiger partial charge in [-0.25, -0.2) is 4.79 Å². The number of likely N-dealkylation sites (tertiary alicyclic amines) is 1. The van der Waals surface area contributed by atoms with Crippen molar-refractivity contribution in [2.75, 3.05) is 52.4 Å². The van der Waals surface area contributed by atoms with Crippen molar-refractivity contribution in [1.29, 1.82) is 0 Å². The first kappa shape index (κ1) is 18.5. The summed E-state index contributed by atoms with van der Waals surface area (Å²) in [5.74, 6) is 0.139. The fraction of sp³-hybridized carbons (Fsp3) is 0.812. The molecule has 0 aromatic carbocycles. The smallest absolute Gasteiger partial charge is 0.409 e. The topological polar surface area (TPSA) is 82.2 Å². The van der Waals surface area contributed by atoms with E-state index in [1.54, 1.807) is 28.5 Å². The van der Waals surface area contributed by atoms with Crippen molar-refractivity contribution < 1.29 is 19.1 Å². The Kier molecular flexibility index (Phi) is 6.84. The maximum absolute atomic E-state index is 12.3. The molecule has 3 amide bonds. The lowest BCUT2D eigenvalue weighted by Crippen LogP contribution is -2.53. The molecule has 0 aliphatic carbocycles. The fourth-order valence-electron chi connectivity index (χ4n) is 3.10. The molecule has 2 aliphatic heterocycles. The Morgan fingerprint density at radius 2 is 1.54 bits per heavy atom. The van der Waals surface area contributed by atoms with Gasteiger partial charge in [0.05, 0.1) is 13.2 Å². The van der Waals surface area contributed by atoms with E-state index in [0.717, 1.165) is 12.8 Å². The van der Waals surface area contributed by atoms with Crippen LogP contribution in [0.25, 0.3) is 0 Å². The molecule has 24 heavy (non-hydrogen) atoms. The zero-order valence-corrected chi connectivity index (χ0v) is 14.6. The Morgan fingerprint density at radius 1 is 0.958 bits per heavy atom. The Bertz CT molecular complexity index is 455. The van der Waals surface area contributed by atoms with Crippen LogP contribution in [0.2, 0.25) is 0 Å². The lowest BCUT2D eigenvalue weighted by atomic mass is 10.1. The summed E-state index contributed by atoms with van der Waals surface area (Å²) in [4.78, 5) is 40.5. The largest absolute Gasteiger partial charge is 0.450 e. The molecule has 2 rings (SSSR count). The molecule has 8 heteroatoms. The van der Waals surface area contributed by atoms with E-state index in [0.29, 0.717) is 52.4 Å². The van der Waals surface area contributed by atoms with Crippen LogP contribution in [0, 0.1) is 0 Å². The highest BCUT2D eigenvalue weighted by Crippen LogP contribution is 2.11. The molecule has 136 valence electrons. The van der Waals surface area contributed by atoms with E-state index >= 15 is 0 Å². The SMILES string of the molecule is CCOC(=O)N1CCC(NCC(=O)N2CCN(C(C)=O)CC2)CC1. The number of carbonyl (C=O) groups excluding carboxylic acids is 3. The predicted molar refractivity (Wildman–Crippen MR) is 88.5 cm³/mol. The second-order valence-corrected chi connectivity index (χ2v) is 6.23. The van der Waals surface area contributed by atoms with E-state index < -0.39 is 0 Å². The quantitative estimate of drug-likeness (QED) is 0.772. The van der Waals surface area contributed by atoms with Gasteiger partial charge in [-0.05, 0) is 19.8 Å². The maximum atomic E-state index is 12.3. The summed E-state index contributed by atoms with van der Waals surface area (Å²) in [5.41, 5.74) is 0. The van der Waals surface area contributed by atoms with Crippen LogP contribution in [0.1, 0.15) is 26.7 Å². The Balaban J connectivity index is 1.65. The van der Waals surface area contributed by atoms with Gasteiger partial charge in [0.1, 0.15) is 0 Å². The number of piperidine rings is 1. The van der Waals surface area contributed by atoms with E-state index in [9.17, 15) is 14.4 Å². The van der Waals surface area contributed by atoms with E-state index in [2.05, 4.69) is 5.32 Å². The first-order valence-electron chi connectivity index (χ1n) is 8.69. The molecule has 1 N–H and O–H groups in total. The summed E-state index contributed by atoms with van der Waals surface area (Å²) >= 11 is 0. The molecule has 2 heterocycles. The second kappa shape index (κ2) is 8.86. The highest BCUT2D eigenvalue weighted by molar-refractivity contribution is 5.79. The number of hydrogen-bond donors (Lipinski definition) is 1. The van der Waals surface area contributed by atoms with Crippen molar-refractivity contribution in [3.05, 3.63) is 0 Å². The van der Waals surface area contributed by atoms with Crippen LogP contribution in [0.15, 0.2) is 0 Å². The van der Waals surface area contributed by atoms with E-state index in [1.807, 2.05) is 0 Å². The van der Waals surface area contributed by atoms with E-state index in [-0.39, 0.29) is 23.9 Å². The molecule has 8 nitrogen and oxygen atoms in total. The van der Waals surface area contributed by atoms with Crippen LogP contribution in [0.4, 0.5) is 4.79 Å². The van der Waals surface area contributed by atoms with Gasteiger partial charge >= 0.3 is 6.09 Å². The van der Waals surface area contributed by atoms with Gasteiger partial charge in [-0.3, -0.25) is 9.59 Å². The Morgan fingerprint density at radius 3 is 2.08 bits per heavy atom. The number of rotatable bonds is 4. The summed E-state index contributed by atoms with van der Waals surface area (Å²) in [6.45, 7) is 7.78. The maximum Gasteiger partial charge on any atom is 0.409 e. The molecule has 0 spiro atoms. The number of ether oxygens (including phenoxy) is 1. The van der Waals surface area contributed by atoms with Crippen molar-refractivity contribution in [2.24, 2.45) is 0 Å². The fourth-order valence-corrected chi connectivity index (χ4v) is 3.10. The summed E-state index contributed by atoms with van der Waals surface area (Å²) in [6, 6.07) is 0.248. The summed E-state index contributed by atoms with van der Waals surface area (Å²) in [5, 5.41) is 3.29. The zero-order chi connectivity index (χ0) is 17.5. The highest BCUT2D eigenvalue weighted by Gasteiger charge is 2.25. The number of nitrogens with one attached hydrogen (secondary N) is 1. The zero-order valence-electron chi connectivity index (χ0n) is 14.6. The van der Waals surface area contributed by atoms with Gasteiger partial charge in [0.25, 0.3) is 0 Å². The van der Waals surface area contributed by atoms with Crippen LogP contribution < -0.4 is 5.32 Å². The molecule has 0 aromatic heterocycles. The molecule has 0 aromatic rings. The van der Waals surface area contributed by atoms with Crippen molar-refractivity contribution in [3.8, 4) is 0 Å². The van der Waals surface area contributed by atoms with Gasteiger partial charge < -0.3 is 24.8 Å². The van der Waals surface area contributed by atoms with Crippen LogP contribution >= 0.6 is 0 Å². The van der Waals surface area contributed by atoms with Crippen LogP contribution in [-0.4, -0.2) is 91.1 Å². The summed E-state index contributed by atoms with van der Waals surface area (Å²) < 4.78 is 5.00. The highest BCUT2D eigenvalue weighted by atomic mass is 16.6. The third kappa shape index (κ3) is 5.09. The second-order valence-electron chi connectivity index (χ2n) is 6.23. The number of amides is 3. The van der Waals surface area contributed by atoms with Crippen molar-refractivity contribution >= 4 is 17.9 Å². The minimum atomic E-state index is -0.254. The Labute approximate surface area is 143 Å². The van der Waals surface area contributed by atoms with E-state index in [4.69, 9.17) is 4.74 Å². The molecule has 0 bridgehead atoms. The van der Waals surface area contributed by atoms with E-state index in [1.165, 1.54) is 0 Å². The first-order chi connectivity index (χ1) is 11.5. The molecule has 2 saturated heterocycles. The summed E-state index contributed by atoms with van der Waals surface area (Å²) in [7, 11) is 0. The van der Waals surface area contributed by atoms with Crippen molar-refractivity contribution in [1.82, 2.24) is 20.0 Å². The molecule has 0 unspecified atom stereocenters.